The number of phenolic OH excluding ortho intramolecular Hbond substituents is 1. The van der Waals surface area contributed by atoms with Crippen molar-refractivity contribution in [3.63, 3.8) is 0 Å². The van der Waals surface area contributed by atoms with E-state index in [0.29, 0.717) is 5.56 Å². The summed E-state index contributed by atoms with van der Waals surface area (Å²) in [6.07, 6.45) is -0.103. The first-order valence-corrected chi connectivity index (χ1v) is 16.6. The third-order valence-corrected chi connectivity index (χ3v) is 8.37. The van der Waals surface area contributed by atoms with Gasteiger partial charge in [0.15, 0.2) is 17.5 Å². The highest BCUT2D eigenvalue weighted by atomic mass is 35.5. The monoisotopic (exact) mass is 770 g/mol. The number of halogens is 1. The van der Waals surface area contributed by atoms with E-state index in [1.807, 2.05) is 13.8 Å². The number of nitrogens with zero attached hydrogens (tertiary/aromatic N) is 1. The van der Waals surface area contributed by atoms with Gasteiger partial charge in [0.1, 0.15) is 12.1 Å². The average molecular weight is 771 g/mol. The highest BCUT2D eigenvalue weighted by Gasteiger charge is 2.37. The molecule has 2 heterocycles. The standard InChI is InChI=1S/C36H42N6O11.ClH/c1-18(2)12-23(37)33(45)39-25-14-21-10-11-28(26(15-21)42(50)51)53-29-17-22(16-27(44)32(29)52-4)30(31(36(48)49)38-19(3)43)41-35(47)24(40-34(25)46)13-20-8-6-5-7-9-20;/h5-11,15-18,23-25,30-31,44H,12-14,37H2,1-4H3,(H,38,43)(H,39,45)(H,40,46)(H,41,47)(H,48,49);1H/t23-,24-,25+,30-,31+;/m1./s1. The van der Waals surface area contributed by atoms with Crippen molar-refractivity contribution in [2.24, 2.45) is 11.7 Å². The van der Waals surface area contributed by atoms with Crippen molar-refractivity contribution < 1.29 is 48.6 Å². The molecule has 8 N–H and O–H groups in total. The number of carbonyl (C=O) groups is 5. The van der Waals surface area contributed by atoms with E-state index < -0.39 is 76.2 Å². The first-order valence-electron chi connectivity index (χ1n) is 16.6. The van der Waals surface area contributed by atoms with E-state index in [-0.39, 0.29) is 66.0 Å². The molecule has 290 valence electrons. The zero-order chi connectivity index (χ0) is 39.0. The molecular weight excluding hydrogens is 728 g/mol. The van der Waals surface area contributed by atoms with Crippen molar-refractivity contribution in [3.05, 3.63) is 87.5 Å². The molecule has 54 heavy (non-hydrogen) atoms. The van der Waals surface area contributed by atoms with Crippen LogP contribution in [0.1, 0.15) is 49.9 Å². The van der Waals surface area contributed by atoms with E-state index in [2.05, 4.69) is 21.3 Å². The van der Waals surface area contributed by atoms with Gasteiger partial charge in [0.25, 0.3) is 0 Å². The fourth-order valence-corrected chi connectivity index (χ4v) is 5.90. The zero-order valence-corrected chi connectivity index (χ0v) is 30.7. The molecule has 0 unspecified atom stereocenters. The molecule has 0 spiro atoms. The first kappa shape index (κ1) is 42.5. The minimum Gasteiger partial charge on any atom is -0.504 e. The van der Waals surface area contributed by atoms with E-state index in [1.165, 1.54) is 25.3 Å². The molecule has 4 bridgehead atoms. The molecular formula is C36H43ClN6O11. The Labute approximate surface area is 316 Å². The maximum Gasteiger partial charge on any atom is 0.328 e. The van der Waals surface area contributed by atoms with E-state index in [4.69, 9.17) is 15.2 Å². The number of benzene rings is 3. The summed E-state index contributed by atoms with van der Waals surface area (Å²) in [6, 6.07) is 7.38. The molecule has 5 atom stereocenters. The maximum absolute atomic E-state index is 14.2. The van der Waals surface area contributed by atoms with Gasteiger partial charge in [0.05, 0.1) is 24.1 Å². The molecule has 0 saturated carbocycles. The van der Waals surface area contributed by atoms with Crippen LogP contribution in [0.5, 0.6) is 23.0 Å². The quantitative estimate of drug-likeness (QED) is 0.110. The largest absolute Gasteiger partial charge is 0.504 e. The van der Waals surface area contributed by atoms with Gasteiger partial charge in [-0.2, -0.15) is 0 Å². The third kappa shape index (κ3) is 10.8. The number of carboxylic acids is 1. The van der Waals surface area contributed by atoms with Crippen LogP contribution in [0, 0.1) is 16.0 Å². The lowest BCUT2D eigenvalue weighted by atomic mass is 9.96. The Hall–Kier alpha value is -5.94. The average Bonchev–Trinajstić information content (AvgIpc) is 3.08. The van der Waals surface area contributed by atoms with Crippen LogP contribution >= 0.6 is 12.4 Å². The van der Waals surface area contributed by atoms with Crippen molar-refractivity contribution in [2.75, 3.05) is 7.11 Å². The van der Waals surface area contributed by atoms with Crippen LogP contribution in [0.2, 0.25) is 0 Å². The number of aromatic hydroxyl groups is 1. The second-order valence-electron chi connectivity index (χ2n) is 13.0. The first-order chi connectivity index (χ1) is 25.1. The third-order valence-electron chi connectivity index (χ3n) is 8.37. The highest BCUT2D eigenvalue weighted by Crippen LogP contribution is 2.44. The van der Waals surface area contributed by atoms with Gasteiger partial charge in [-0.15, -0.1) is 12.4 Å². The lowest BCUT2D eigenvalue weighted by molar-refractivity contribution is -0.385. The summed E-state index contributed by atoms with van der Waals surface area (Å²) in [7, 11) is 1.19. The normalized spacial score (nSPS) is 18.1. The Kier molecular flexibility index (Phi) is 14.7. The molecule has 0 aromatic heterocycles. The van der Waals surface area contributed by atoms with Gasteiger partial charge in [0.2, 0.25) is 35.1 Å². The SMILES string of the molecule is COc1c(O)cc2cc1Oc1ccc(cc1[N+](=O)[O-])C[C@H](NC(=O)[C@H](N)CC(C)C)C(=O)N[C@H](Cc1ccccc1)C(=O)N[C@H]2[C@H](NC(C)=O)C(=O)O.Cl. The predicted molar refractivity (Wildman–Crippen MR) is 196 cm³/mol. The lowest BCUT2D eigenvalue weighted by Gasteiger charge is -2.30. The van der Waals surface area contributed by atoms with Crippen LogP contribution in [-0.4, -0.2) is 76.0 Å². The Morgan fingerprint density at radius 2 is 1.74 bits per heavy atom. The number of hydrogen-bond acceptors (Lipinski definition) is 11. The van der Waals surface area contributed by atoms with Gasteiger partial charge in [-0.05, 0) is 47.2 Å². The fraction of sp³-hybridized carbons (Fsp3) is 0.361. The van der Waals surface area contributed by atoms with Crippen molar-refractivity contribution >= 4 is 47.7 Å². The Morgan fingerprint density at radius 1 is 1.06 bits per heavy atom. The number of fused-ring (bicyclic) bond motifs is 9. The van der Waals surface area contributed by atoms with Crippen LogP contribution in [0.3, 0.4) is 0 Å². The molecule has 4 amide bonds. The number of carbonyl (C=O) groups excluding carboxylic acids is 4. The summed E-state index contributed by atoms with van der Waals surface area (Å²) >= 11 is 0. The number of nitro groups is 1. The van der Waals surface area contributed by atoms with Gasteiger partial charge in [-0.3, -0.25) is 29.3 Å². The second-order valence-corrected chi connectivity index (χ2v) is 13.0. The molecule has 3 aromatic rings. The molecule has 17 nitrogen and oxygen atoms in total. The van der Waals surface area contributed by atoms with Crippen LogP contribution in [0.15, 0.2) is 60.7 Å². The van der Waals surface area contributed by atoms with Gasteiger partial charge in [0, 0.05) is 25.8 Å². The lowest BCUT2D eigenvalue weighted by Crippen LogP contribution is -2.58. The molecule has 0 saturated heterocycles. The summed E-state index contributed by atoms with van der Waals surface area (Å²) in [5, 5.41) is 43.7. The van der Waals surface area contributed by atoms with Gasteiger partial charge >= 0.3 is 11.7 Å². The Bertz CT molecular complexity index is 1880. The second kappa shape index (κ2) is 18.7. The number of carboxylic acid groups (broad SMARTS) is 1. The fourth-order valence-electron chi connectivity index (χ4n) is 5.90. The maximum atomic E-state index is 14.2. The van der Waals surface area contributed by atoms with Crippen LogP contribution < -0.4 is 36.5 Å². The molecule has 2 aliphatic heterocycles. The Balaban J connectivity index is 0.00000784. The number of nitrogens with one attached hydrogen (secondary N) is 4. The van der Waals surface area contributed by atoms with Crippen LogP contribution in [-0.2, 0) is 36.8 Å². The summed E-state index contributed by atoms with van der Waals surface area (Å²) in [5.41, 5.74) is 6.28. The number of rotatable bonds is 11. The summed E-state index contributed by atoms with van der Waals surface area (Å²) < 4.78 is 11.2. The van der Waals surface area contributed by atoms with Crippen molar-refractivity contribution in [3.8, 4) is 23.0 Å². The summed E-state index contributed by atoms with van der Waals surface area (Å²) in [6.45, 7) is 4.79. The molecule has 3 aromatic carbocycles. The minimum absolute atomic E-state index is 0. The molecule has 0 radical (unpaired) electrons. The van der Waals surface area contributed by atoms with E-state index in [9.17, 15) is 44.3 Å². The van der Waals surface area contributed by atoms with E-state index in [0.717, 1.165) is 19.1 Å². The topological polar surface area (TPSA) is 262 Å². The van der Waals surface area contributed by atoms with E-state index in [1.54, 1.807) is 30.3 Å². The van der Waals surface area contributed by atoms with Gasteiger partial charge < -0.3 is 46.7 Å². The van der Waals surface area contributed by atoms with Crippen molar-refractivity contribution in [1.29, 1.82) is 0 Å². The number of amides is 4. The number of nitro benzene ring substituents is 1. The van der Waals surface area contributed by atoms with Crippen LogP contribution in [0.4, 0.5) is 5.69 Å². The van der Waals surface area contributed by atoms with Gasteiger partial charge in [-0.25, -0.2) is 4.79 Å². The number of phenols is 1. The number of hydrogen-bond donors (Lipinski definition) is 7. The van der Waals surface area contributed by atoms with E-state index >= 15 is 0 Å². The van der Waals surface area contributed by atoms with Gasteiger partial charge in [-0.1, -0.05) is 50.2 Å². The minimum atomic E-state index is -1.84. The van der Waals surface area contributed by atoms with Crippen molar-refractivity contribution in [1.82, 2.24) is 21.3 Å². The number of aliphatic carboxylic acids is 1. The molecule has 5 rings (SSSR count). The van der Waals surface area contributed by atoms with Crippen molar-refractivity contribution in [2.45, 2.75) is 70.2 Å². The number of ether oxygens (including phenoxy) is 2. The molecule has 0 aliphatic carbocycles. The van der Waals surface area contributed by atoms with Crippen LogP contribution in [0.25, 0.3) is 0 Å². The molecule has 2 aliphatic rings. The highest BCUT2D eigenvalue weighted by molar-refractivity contribution is 5.94. The zero-order valence-electron chi connectivity index (χ0n) is 29.9. The predicted octanol–water partition coefficient (Wildman–Crippen LogP) is 2.41. The molecule has 18 heteroatoms. The summed E-state index contributed by atoms with van der Waals surface area (Å²) in [4.78, 5) is 77.9. The number of nitrogens with two attached hydrogens (primary N) is 1. The summed E-state index contributed by atoms with van der Waals surface area (Å²) in [5.74, 6) is -6.21. The smallest absolute Gasteiger partial charge is 0.328 e. The number of methoxy groups -OCH3 is 1. The molecule has 0 fully saturated rings. The Morgan fingerprint density at radius 3 is 2.33 bits per heavy atom.